The molecule has 1 aliphatic heterocycles. The number of rotatable bonds is 3. The predicted molar refractivity (Wildman–Crippen MR) is 71.0 cm³/mol. The van der Waals surface area contributed by atoms with Gasteiger partial charge in [0, 0.05) is 13.2 Å². The molecule has 0 atom stereocenters. The van der Waals surface area contributed by atoms with E-state index in [1.165, 1.54) is 7.11 Å². The van der Waals surface area contributed by atoms with Gasteiger partial charge in [-0.2, -0.15) is 8.42 Å². The van der Waals surface area contributed by atoms with Gasteiger partial charge in [-0.05, 0) is 26.0 Å². The quantitative estimate of drug-likeness (QED) is 0.836. The molecule has 0 saturated carbocycles. The van der Waals surface area contributed by atoms with Crippen molar-refractivity contribution in [3.63, 3.8) is 0 Å². The number of ether oxygens (including phenoxy) is 1. The molecule has 6 nitrogen and oxygen atoms in total. The van der Waals surface area contributed by atoms with E-state index in [-0.39, 0.29) is 6.73 Å². The van der Waals surface area contributed by atoms with Gasteiger partial charge in [-0.25, -0.2) is 8.61 Å². The summed E-state index contributed by atoms with van der Waals surface area (Å²) in [6.07, 6.45) is 0. The Morgan fingerprint density at radius 1 is 1.26 bits per heavy atom. The summed E-state index contributed by atoms with van der Waals surface area (Å²) in [5, 5.41) is 0. The Morgan fingerprint density at radius 3 is 2.47 bits per heavy atom. The lowest BCUT2D eigenvalue weighted by molar-refractivity contribution is 0.0828. The maximum Gasteiger partial charge on any atom is 0.331 e. The van der Waals surface area contributed by atoms with Crippen LogP contribution in [0, 0.1) is 0 Å². The van der Waals surface area contributed by atoms with E-state index in [1.807, 2.05) is 0 Å². The van der Waals surface area contributed by atoms with Crippen LogP contribution in [-0.2, 0) is 14.9 Å². The van der Waals surface area contributed by atoms with Crippen LogP contribution in [-0.4, -0.2) is 38.5 Å². The fourth-order valence-electron chi connectivity index (χ4n) is 2.08. The molecule has 1 heterocycles. The molecule has 0 aliphatic carbocycles. The van der Waals surface area contributed by atoms with Gasteiger partial charge in [0.1, 0.15) is 6.73 Å². The molecule has 0 spiro atoms. The van der Waals surface area contributed by atoms with Gasteiger partial charge in [0.25, 0.3) is 5.91 Å². The van der Waals surface area contributed by atoms with E-state index < -0.39 is 22.2 Å². The van der Waals surface area contributed by atoms with Gasteiger partial charge in [0.2, 0.25) is 0 Å². The molecule has 7 heteroatoms. The fourth-order valence-corrected chi connectivity index (χ4v) is 3.78. The second-order valence-electron chi connectivity index (χ2n) is 4.49. The minimum Gasteiger partial charge on any atom is -0.363 e. The molecule has 1 aromatic rings. The van der Waals surface area contributed by atoms with Crippen molar-refractivity contribution in [3.05, 3.63) is 29.8 Å². The maximum absolute atomic E-state index is 12.5. The van der Waals surface area contributed by atoms with Crippen molar-refractivity contribution in [2.24, 2.45) is 0 Å². The van der Waals surface area contributed by atoms with Gasteiger partial charge >= 0.3 is 10.2 Å². The van der Waals surface area contributed by atoms with Gasteiger partial charge in [0.05, 0.1) is 11.3 Å². The molecular weight excluding hydrogens is 268 g/mol. The zero-order valence-corrected chi connectivity index (χ0v) is 11.8. The molecule has 104 valence electrons. The molecule has 1 amide bonds. The van der Waals surface area contributed by atoms with Crippen LogP contribution in [0.15, 0.2) is 24.3 Å². The number of benzene rings is 1. The highest BCUT2D eigenvalue weighted by Gasteiger charge is 2.42. The van der Waals surface area contributed by atoms with E-state index in [2.05, 4.69) is 0 Å². The third-order valence-corrected chi connectivity index (χ3v) is 4.79. The highest BCUT2D eigenvalue weighted by Crippen LogP contribution is 2.32. The summed E-state index contributed by atoms with van der Waals surface area (Å²) in [4.78, 5) is 12.3. The Morgan fingerprint density at radius 2 is 1.89 bits per heavy atom. The van der Waals surface area contributed by atoms with E-state index in [1.54, 1.807) is 38.1 Å². The zero-order chi connectivity index (χ0) is 14.2. The van der Waals surface area contributed by atoms with Gasteiger partial charge in [-0.1, -0.05) is 12.1 Å². The molecule has 19 heavy (non-hydrogen) atoms. The first-order valence-corrected chi connectivity index (χ1v) is 7.25. The van der Waals surface area contributed by atoms with Crippen LogP contribution in [0.4, 0.5) is 5.69 Å². The summed E-state index contributed by atoms with van der Waals surface area (Å²) in [7, 11) is -2.49. The van der Waals surface area contributed by atoms with Crippen molar-refractivity contribution in [3.8, 4) is 0 Å². The number of nitrogens with zero attached hydrogens (tertiary/aromatic N) is 2. The molecule has 0 radical (unpaired) electrons. The number of anilines is 1. The van der Waals surface area contributed by atoms with Crippen LogP contribution < -0.4 is 4.31 Å². The van der Waals surface area contributed by atoms with E-state index >= 15 is 0 Å². The highest BCUT2D eigenvalue weighted by atomic mass is 32.2. The number of carbonyl (C=O) groups excluding carboxylic acids is 1. The first kappa shape index (κ1) is 13.8. The molecule has 0 aromatic heterocycles. The van der Waals surface area contributed by atoms with Crippen molar-refractivity contribution in [2.45, 2.75) is 19.9 Å². The Labute approximate surface area is 112 Å². The summed E-state index contributed by atoms with van der Waals surface area (Å²) in [6.45, 7) is 3.19. The van der Waals surface area contributed by atoms with Crippen molar-refractivity contribution in [1.29, 1.82) is 0 Å². The van der Waals surface area contributed by atoms with E-state index in [4.69, 9.17) is 4.74 Å². The monoisotopic (exact) mass is 284 g/mol. The molecule has 1 aromatic carbocycles. The SMILES string of the molecule is COCN1c2ccccc2C(=O)N(C(C)C)S1(=O)=O. The average molecular weight is 284 g/mol. The number of methoxy groups -OCH3 is 1. The summed E-state index contributed by atoms with van der Waals surface area (Å²) >= 11 is 0. The standard InChI is InChI=1S/C12H16N2O4S/c1-9(2)14-12(15)10-6-4-5-7-11(10)13(8-18-3)19(14,16)17/h4-7,9H,8H2,1-3H3. The molecule has 1 aliphatic rings. The molecule has 0 N–H and O–H groups in total. The lowest BCUT2D eigenvalue weighted by Crippen LogP contribution is -2.54. The fraction of sp³-hybridized carbons (Fsp3) is 0.417. The third-order valence-electron chi connectivity index (χ3n) is 2.85. The normalized spacial score (nSPS) is 17.8. The Kier molecular flexibility index (Phi) is 3.51. The number of amides is 1. The van der Waals surface area contributed by atoms with Gasteiger partial charge < -0.3 is 4.74 Å². The van der Waals surface area contributed by atoms with E-state index in [0.717, 1.165) is 8.61 Å². The van der Waals surface area contributed by atoms with Crippen molar-refractivity contribution in [1.82, 2.24) is 4.31 Å². The first-order valence-electron chi connectivity index (χ1n) is 5.85. The smallest absolute Gasteiger partial charge is 0.331 e. The molecule has 0 bridgehead atoms. The predicted octanol–water partition coefficient (Wildman–Crippen LogP) is 1.21. The summed E-state index contributed by atoms with van der Waals surface area (Å²) in [5.41, 5.74) is 0.717. The first-order chi connectivity index (χ1) is 8.91. The molecule has 0 fully saturated rings. The maximum atomic E-state index is 12.5. The van der Waals surface area contributed by atoms with Crippen molar-refractivity contribution < 1.29 is 17.9 Å². The summed E-state index contributed by atoms with van der Waals surface area (Å²) in [6, 6.07) is 6.16. The van der Waals surface area contributed by atoms with Crippen LogP contribution in [0.1, 0.15) is 24.2 Å². The minimum absolute atomic E-state index is 0.129. The van der Waals surface area contributed by atoms with E-state index in [0.29, 0.717) is 11.3 Å². The van der Waals surface area contributed by atoms with Gasteiger partial charge in [0.15, 0.2) is 0 Å². The molecule has 0 saturated heterocycles. The molecular formula is C12H16N2O4S. The van der Waals surface area contributed by atoms with Crippen LogP contribution in [0.2, 0.25) is 0 Å². The number of hydrogen-bond donors (Lipinski definition) is 0. The second kappa shape index (κ2) is 4.82. The Hall–Kier alpha value is -1.60. The summed E-state index contributed by atoms with van der Waals surface area (Å²) in [5.74, 6) is -0.502. The number of hydrogen-bond acceptors (Lipinski definition) is 4. The van der Waals surface area contributed by atoms with Crippen LogP contribution >= 0.6 is 0 Å². The van der Waals surface area contributed by atoms with Crippen molar-refractivity contribution >= 4 is 21.8 Å². The second-order valence-corrected chi connectivity index (χ2v) is 6.22. The average Bonchev–Trinajstić information content (AvgIpc) is 2.33. The summed E-state index contributed by atoms with van der Waals surface area (Å²) < 4.78 is 31.9. The van der Waals surface area contributed by atoms with Crippen molar-refractivity contribution in [2.75, 3.05) is 18.1 Å². The Bertz CT molecular complexity index is 598. The van der Waals surface area contributed by atoms with Crippen LogP contribution in [0.5, 0.6) is 0 Å². The zero-order valence-electron chi connectivity index (χ0n) is 11.0. The lowest BCUT2D eigenvalue weighted by Gasteiger charge is -2.38. The minimum atomic E-state index is -3.90. The number of fused-ring (bicyclic) bond motifs is 1. The van der Waals surface area contributed by atoms with Crippen LogP contribution in [0.25, 0.3) is 0 Å². The lowest BCUT2D eigenvalue weighted by atomic mass is 10.1. The largest absolute Gasteiger partial charge is 0.363 e. The highest BCUT2D eigenvalue weighted by molar-refractivity contribution is 7.91. The van der Waals surface area contributed by atoms with Gasteiger partial charge in [-0.15, -0.1) is 0 Å². The number of carbonyl (C=O) groups is 1. The molecule has 0 unspecified atom stereocenters. The third kappa shape index (κ3) is 2.08. The number of para-hydroxylation sites is 1. The topological polar surface area (TPSA) is 66.9 Å². The Balaban J connectivity index is 2.67. The van der Waals surface area contributed by atoms with Crippen LogP contribution in [0.3, 0.4) is 0 Å². The van der Waals surface area contributed by atoms with Gasteiger partial charge in [-0.3, -0.25) is 4.79 Å². The molecule has 2 rings (SSSR count). The van der Waals surface area contributed by atoms with E-state index in [9.17, 15) is 13.2 Å².